The van der Waals surface area contributed by atoms with Gasteiger partial charge < -0.3 is 13.6 Å². The van der Waals surface area contributed by atoms with Crippen molar-refractivity contribution in [3.05, 3.63) is 158 Å². The zero-order valence-corrected chi connectivity index (χ0v) is 24.3. The van der Waals surface area contributed by atoms with E-state index in [1.165, 1.54) is 54.7 Å². The summed E-state index contributed by atoms with van der Waals surface area (Å²) in [6.07, 6.45) is 0. The molecule has 0 radical (unpaired) electrons. The first-order valence-electron chi connectivity index (χ1n) is 15.4. The lowest BCUT2D eigenvalue weighted by Crippen LogP contribution is -1.96. The fourth-order valence-electron chi connectivity index (χ4n) is 7.46. The van der Waals surface area contributed by atoms with Gasteiger partial charge in [0.1, 0.15) is 11.2 Å². The standard InChI is InChI=1S/C42H26N2O/c1-2-12-27(13-3-1)43-37-21-8-5-16-34(37)41-31(17-11-22-38(41)43)33-19-10-18-32-29-14-4-7-20-36(29)44(42(32)33)28-24-25-40-35(26-28)30-15-6-9-23-39(30)45-40/h1-26H. The van der Waals surface area contributed by atoms with Gasteiger partial charge in [0.15, 0.2) is 0 Å². The van der Waals surface area contributed by atoms with Crippen LogP contribution in [0.2, 0.25) is 0 Å². The van der Waals surface area contributed by atoms with Crippen molar-refractivity contribution < 1.29 is 4.42 Å². The highest BCUT2D eigenvalue weighted by Gasteiger charge is 2.21. The molecule has 45 heavy (non-hydrogen) atoms. The quantitative estimate of drug-likeness (QED) is 0.206. The second-order valence-corrected chi connectivity index (χ2v) is 11.7. The molecular weight excluding hydrogens is 548 g/mol. The van der Waals surface area contributed by atoms with Gasteiger partial charge in [-0.15, -0.1) is 0 Å². The van der Waals surface area contributed by atoms with Gasteiger partial charge in [-0.25, -0.2) is 0 Å². The molecule has 0 aliphatic rings. The highest BCUT2D eigenvalue weighted by atomic mass is 16.3. The molecule has 10 rings (SSSR count). The number of hydrogen-bond donors (Lipinski definition) is 0. The number of nitrogens with zero attached hydrogens (tertiary/aromatic N) is 2. The molecule has 0 spiro atoms. The summed E-state index contributed by atoms with van der Waals surface area (Å²) in [4.78, 5) is 0. The highest BCUT2D eigenvalue weighted by Crippen LogP contribution is 2.44. The summed E-state index contributed by atoms with van der Waals surface area (Å²) in [6.45, 7) is 0. The van der Waals surface area contributed by atoms with E-state index in [4.69, 9.17) is 4.42 Å². The summed E-state index contributed by atoms with van der Waals surface area (Å²) in [7, 11) is 0. The highest BCUT2D eigenvalue weighted by molar-refractivity contribution is 6.20. The van der Waals surface area contributed by atoms with E-state index in [9.17, 15) is 0 Å². The Morgan fingerprint density at radius 1 is 0.356 bits per heavy atom. The molecule has 0 aliphatic heterocycles. The normalized spacial score (nSPS) is 12.0. The topological polar surface area (TPSA) is 23.0 Å². The molecule has 3 heterocycles. The average Bonchev–Trinajstić information content (AvgIpc) is 3.76. The number of benzene rings is 7. The molecule has 210 valence electrons. The summed E-state index contributed by atoms with van der Waals surface area (Å²) in [5.41, 5.74) is 11.3. The predicted molar refractivity (Wildman–Crippen MR) is 188 cm³/mol. The van der Waals surface area contributed by atoms with E-state index in [1.54, 1.807) is 0 Å². The van der Waals surface area contributed by atoms with E-state index in [0.29, 0.717) is 0 Å². The second kappa shape index (κ2) is 9.22. The lowest BCUT2D eigenvalue weighted by Gasteiger charge is -2.13. The molecule has 0 amide bonds. The van der Waals surface area contributed by atoms with Gasteiger partial charge in [0, 0.05) is 49.3 Å². The van der Waals surface area contributed by atoms with Crippen molar-refractivity contribution in [2.75, 3.05) is 0 Å². The third-order valence-corrected chi connectivity index (χ3v) is 9.32. The van der Waals surface area contributed by atoms with Crippen LogP contribution in [-0.2, 0) is 0 Å². The van der Waals surface area contributed by atoms with E-state index >= 15 is 0 Å². The Morgan fingerprint density at radius 2 is 0.978 bits per heavy atom. The zero-order chi connectivity index (χ0) is 29.5. The fourth-order valence-corrected chi connectivity index (χ4v) is 7.46. The molecule has 0 unspecified atom stereocenters. The van der Waals surface area contributed by atoms with Gasteiger partial charge in [-0.2, -0.15) is 0 Å². The number of fused-ring (bicyclic) bond motifs is 9. The van der Waals surface area contributed by atoms with Crippen molar-refractivity contribution in [2.45, 2.75) is 0 Å². The Balaban J connectivity index is 1.34. The van der Waals surface area contributed by atoms with Crippen molar-refractivity contribution in [1.82, 2.24) is 9.13 Å². The summed E-state index contributed by atoms with van der Waals surface area (Å²) >= 11 is 0. The minimum Gasteiger partial charge on any atom is -0.456 e. The summed E-state index contributed by atoms with van der Waals surface area (Å²) in [5.74, 6) is 0. The minimum atomic E-state index is 0.902. The molecule has 0 saturated heterocycles. The van der Waals surface area contributed by atoms with E-state index in [1.807, 2.05) is 12.1 Å². The number of hydrogen-bond acceptors (Lipinski definition) is 1. The van der Waals surface area contributed by atoms with Crippen molar-refractivity contribution in [3.8, 4) is 22.5 Å². The average molecular weight is 575 g/mol. The van der Waals surface area contributed by atoms with Crippen molar-refractivity contribution >= 4 is 65.6 Å². The first-order valence-corrected chi connectivity index (χ1v) is 15.4. The van der Waals surface area contributed by atoms with Crippen LogP contribution in [0.15, 0.2) is 162 Å². The van der Waals surface area contributed by atoms with E-state index in [2.05, 4.69) is 155 Å². The maximum Gasteiger partial charge on any atom is 0.135 e. The largest absolute Gasteiger partial charge is 0.456 e. The Labute approximate surface area is 258 Å². The number of aromatic nitrogens is 2. The van der Waals surface area contributed by atoms with E-state index < -0.39 is 0 Å². The van der Waals surface area contributed by atoms with E-state index in [-0.39, 0.29) is 0 Å². The summed E-state index contributed by atoms with van der Waals surface area (Å²) in [6, 6.07) is 56.6. The van der Waals surface area contributed by atoms with Crippen LogP contribution in [0.1, 0.15) is 0 Å². The molecule has 7 aromatic carbocycles. The van der Waals surface area contributed by atoms with Crippen molar-refractivity contribution in [3.63, 3.8) is 0 Å². The molecule has 0 fully saturated rings. The Hall–Kier alpha value is -6.06. The molecule has 0 bridgehead atoms. The molecule has 3 aromatic heterocycles. The number of rotatable bonds is 3. The van der Waals surface area contributed by atoms with Crippen LogP contribution in [0, 0.1) is 0 Å². The molecule has 3 heteroatoms. The molecule has 0 aliphatic carbocycles. The minimum absolute atomic E-state index is 0.902. The maximum absolute atomic E-state index is 6.21. The lowest BCUT2D eigenvalue weighted by molar-refractivity contribution is 0.669. The lowest BCUT2D eigenvalue weighted by atomic mass is 9.97. The van der Waals surface area contributed by atoms with Crippen LogP contribution in [0.25, 0.3) is 88.1 Å². The van der Waals surface area contributed by atoms with Gasteiger partial charge in [0.05, 0.1) is 22.1 Å². The van der Waals surface area contributed by atoms with Crippen LogP contribution >= 0.6 is 0 Å². The smallest absolute Gasteiger partial charge is 0.135 e. The van der Waals surface area contributed by atoms with Crippen LogP contribution in [0.5, 0.6) is 0 Å². The van der Waals surface area contributed by atoms with Gasteiger partial charge in [-0.1, -0.05) is 103 Å². The Morgan fingerprint density at radius 3 is 1.84 bits per heavy atom. The molecule has 3 nitrogen and oxygen atoms in total. The Bertz CT molecular complexity index is 2760. The first kappa shape index (κ1) is 24.4. The van der Waals surface area contributed by atoms with Crippen LogP contribution < -0.4 is 0 Å². The van der Waals surface area contributed by atoms with E-state index in [0.717, 1.165) is 33.3 Å². The second-order valence-electron chi connectivity index (χ2n) is 11.7. The SMILES string of the molecule is c1ccc(-n2c3ccccc3c3c(-c4cccc5c6ccccc6n(-c6ccc7oc8ccccc8c7c6)c45)cccc32)cc1. The number of para-hydroxylation sites is 5. The Kier molecular flexibility index (Phi) is 5.00. The molecular formula is C42H26N2O. The number of furan rings is 1. The third kappa shape index (κ3) is 3.41. The predicted octanol–water partition coefficient (Wildman–Crippen LogP) is 11.4. The van der Waals surface area contributed by atoms with Crippen LogP contribution in [-0.4, -0.2) is 9.13 Å². The van der Waals surface area contributed by atoms with Crippen molar-refractivity contribution in [2.24, 2.45) is 0 Å². The third-order valence-electron chi connectivity index (χ3n) is 9.32. The molecule has 0 saturated carbocycles. The van der Waals surface area contributed by atoms with Gasteiger partial charge in [-0.3, -0.25) is 0 Å². The van der Waals surface area contributed by atoms with Gasteiger partial charge in [-0.05, 0) is 60.2 Å². The first-order chi connectivity index (χ1) is 22.3. The zero-order valence-electron chi connectivity index (χ0n) is 24.3. The van der Waals surface area contributed by atoms with Gasteiger partial charge in [0.2, 0.25) is 0 Å². The van der Waals surface area contributed by atoms with Crippen LogP contribution in [0.4, 0.5) is 0 Å². The monoisotopic (exact) mass is 574 g/mol. The maximum atomic E-state index is 6.21. The fraction of sp³-hybridized carbons (Fsp3) is 0. The van der Waals surface area contributed by atoms with Crippen LogP contribution in [0.3, 0.4) is 0 Å². The summed E-state index contributed by atoms with van der Waals surface area (Å²) < 4.78 is 11.0. The molecule has 0 N–H and O–H groups in total. The van der Waals surface area contributed by atoms with Crippen molar-refractivity contribution in [1.29, 1.82) is 0 Å². The molecule has 0 atom stereocenters. The van der Waals surface area contributed by atoms with Gasteiger partial charge in [0.25, 0.3) is 0 Å². The summed E-state index contributed by atoms with van der Waals surface area (Å²) in [5, 5.41) is 7.25. The van der Waals surface area contributed by atoms with Gasteiger partial charge >= 0.3 is 0 Å². The molecule has 10 aromatic rings.